The van der Waals surface area contributed by atoms with Crippen LogP contribution in [0.1, 0.15) is 20.3 Å². The Morgan fingerprint density at radius 1 is 1.37 bits per heavy atom. The Bertz CT molecular complexity index is 697. The number of carbonyl (C=O) groups excluding carboxylic acids is 3. The SMILES string of the molecule is CC[C@H](C)C(=O)N(CCOC)CC(=O)N1CC(=O)N(c2cccc(Cl)c2)C1. The van der Waals surface area contributed by atoms with Crippen LogP contribution in [-0.2, 0) is 19.1 Å². The van der Waals surface area contributed by atoms with Crippen LogP contribution in [0.4, 0.5) is 5.69 Å². The predicted molar refractivity (Wildman–Crippen MR) is 103 cm³/mol. The van der Waals surface area contributed by atoms with E-state index in [2.05, 4.69) is 0 Å². The van der Waals surface area contributed by atoms with E-state index in [0.29, 0.717) is 30.3 Å². The largest absolute Gasteiger partial charge is 0.383 e. The molecule has 148 valence electrons. The van der Waals surface area contributed by atoms with Gasteiger partial charge in [0.1, 0.15) is 13.2 Å². The Labute approximate surface area is 164 Å². The lowest BCUT2D eigenvalue weighted by molar-refractivity contribution is -0.143. The third-order valence-electron chi connectivity index (χ3n) is 4.65. The highest BCUT2D eigenvalue weighted by atomic mass is 35.5. The molecule has 0 spiro atoms. The van der Waals surface area contributed by atoms with Crippen molar-refractivity contribution in [2.24, 2.45) is 5.92 Å². The minimum atomic E-state index is -0.263. The number of anilines is 1. The Morgan fingerprint density at radius 3 is 2.74 bits per heavy atom. The van der Waals surface area contributed by atoms with Gasteiger partial charge in [-0.15, -0.1) is 0 Å². The maximum atomic E-state index is 12.7. The van der Waals surface area contributed by atoms with E-state index in [1.165, 1.54) is 14.7 Å². The quantitative estimate of drug-likeness (QED) is 0.675. The molecular weight excluding hydrogens is 370 g/mol. The zero-order chi connectivity index (χ0) is 20.0. The summed E-state index contributed by atoms with van der Waals surface area (Å²) >= 11 is 5.99. The highest BCUT2D eigenvalue weighted by Crippen LogP contribution is 2.23. The van der Waals surface area contributed by atoms with Gasteiger partial charge in [0.25, 0.3) is 0 Å². The number of halogens is 1. The van der Waals surface area contributed by atoms with Crippen molar-refractivity contribution in [3.8, 4) is 0 Å². The van der Waals surface area contributed by atoms with Gasteiger partial charge in [-0.05, 0) is 24.6 Å². The third kappa shape index (κ3) is 5.43. The number of amides is 3. The fourth-order valence-corrected chi connectivity index (χ4v) is 2.99. The van der Waals surface area contributed by atoms with Crippen LogP contribution in [0.2, 0.25) is 5.02 Å². The van der Waals surface area contributed by atoms with Crippen LogP contribution in [0, 0.1) is 5.92 Å². The van der Waals surface area contributed by atoms with Gasteiger partial charge in [-0.3, -0.25) is 19.3 Å². The van der Waals surface area contributed by atoms with E-state index in [1.54, 1.807) is 31.4 Å². The van der Waals surface area contributed by atoms with Gasteiger partial charge in [0.2, 0.25) is 17.7 Å². The van der Waals surface area contributed by atoms with Gasteiger partial charge < -0.3 is 14.5 Å². The first-order valence-corrected chi connectivity index (χ1v) is 9.36. The van der Waals surface area contributed by atoms with Crippen molar-refractivity contribution < 1.29 is 19.1 Å². The molecule has 27 heavy (non-hydrogen) atoms. The number of hydrogen-bond acceptors (Lipinski definition) is 4. The van der Waals surface area contributed by atoms with Crippen molar-refractivity contribution in [1.29, 1.82) is 0 Å². The van der Waals surface area contributed by atoms with E-state index in [1.807, 2.05) is 13.8 Å². The normalized spacial score (nSPS) is 15.2. The number of nitrogens with zero attached hydrogens (tertiary/aromatic N) is 3. The molecule has 2 rings (SSSR count). The van der Waals surface area contributed by atoms with Crippen LogP contribution in [0.15, 0.2) is 24.3 Å². The summed E-state index contributed by atoms with van der Waals surface area (Å²) in [6.45, 7) is 4.53. The summed E-state index contributed by atoms with van der Waals surface area (Å²) in [5, 5.41) is 0.523. The number of ether oxygens (including phenoxy) is 1. The topological polar surface area (TPSA) is 70.2 Å². The predicted octanol–water partition coefficient (Wildman–Crippen LogP) is 1.99. The zero-order valence-electron chi connectivity index (χ0n) is 16.0. The van der Waals surface area contributed by atoms with E-state index >= 15 is 0 Å². The Balaban J connectivity index is 2.05. The first-order chi connectivity index (χ1) is 12.9. The van der Waals surface area contributed by atoms with Gasteiger partial charge in [0, 0.05) is 30.3 Å². The molecule has 1 aromatic carbocycles. The first kappa shape index (κ1) is 21.2. The molecule has 0 saturated carbocycles. The van der Waals surface area contributed by atoms with Gasteiger partial charge in [0.15, 0.2) is 0 Å². The molecule has 0 radical (unpaired) electrons. The smallest absolute Gasteiger partial charge is 0.248 e. The van der Waals surface area contributed by atoms with Gasteiger partial charge in [-0.25, -0.2) is 0 Å². The Hall–Kier alpha value is -2.12. The van der Waals surface area contributed by atoms with E-state index in [9.17, 15) is 14.4 Å². The summed E-state index contributed by atoms with van der Waals surface area (Å²) < 4.78 is 5.05. The lowest BCUT2D eigenvalue weighted by Crippen LogP contribution is -2.45. The van der Waals surface area contributed by atoms with Gasteiger partial charge >= 0.3 is 0 Å². The summed E-state index contributed by atoms with van der Waals surface area (Å²) in [6.07, 6.45) is 0.696. The van der Waals surface area contributed by atoms with E-state index in [0.717, 1.165) is 0 Å². The average molecular weight is 396 g/mol. The standard InChI is InChI=1S/C19H26ClN3O4/c1-4-14(2)19(26)21(8-9-27-3)11-17(24)22-12-18(25)23(13-22)16-7-5-6-15(20)10-16/h5-7,10,14H,4,8-9,11-13H2,1-3H3/t14-/m0/s1. The van der Waals surface area contributed by atoms with Crippen molar-refractivity contribution in [3.63, 3.8) is 0 Å². The molecule has 1 aliphatic heterocycles. The molecule has 0 aliphatic carbocycles. The Kier molecular flexibility index (Phi) is 7.62. The second-order valence-electron chi connectivity index (χ2n) is 6.60. The second-order valence-corrected chi connectivity index (χ2v) is 7.03. The minimum Gasteiger partial charge on any atom is -0.383 e. The second kappa shape index (κ2) is 9.71. The lowest BCUT2D eigenvalue weighted by Gasteiger charge is -2.27. The maximum Gasteiger partial charge on any atom is 0.248 e. The summed E-state index contributed by atoms with van der Waals surface area (Å²) in [5.74, 6) is -0.694. The molecule has 1 fully saturated rings. The van der Waals surface area contributed by atoms with Gasteiger partial charge in [-0.1, -0.05) is 31.5 Å². The van der Waals surface area contributed by atoms with Crippen molar-refractivity contribution in [1.82, 2.24) is 9.80 Å². The van der Waals surface area contributed by atoms with Crippen molar-refractivity contribution in [3.05, 3.63) is 29.3 Å². The molecule has 1 aromatic rings. The molecule has 0 unspecified atom stereocenters. The molecule has 1 atom stereocenters. The molecule has 3 amide bonds. The molecule has 1 aliphatic rings. The summed E-state index contributed by atoms with van der Waals surface area (Å²) in [6, 6.07) is 6.94. The van der Waals surface area contributed by atoms with Crippen molar-refractivity contribution in [2.75, 3.05) is 44.9 Å². The third-order valence-corrected chi connectivity index (χ3v) is 4.88. The highest BCUT2D eigenvalue weighted by molar-refractivity contribution is 6.31. The van der Waals surface area contributed by atoms with Crippen LogP contribution in [0.25, 0.3) is 0 Å². The van der Waals surface area contributed by atoms with Crippen molar-refractivity contribution >= 4 is 35.0 Å². The molecule has 8 heteroatoms. The van der Waals surface area contributed by atoms with Crippen LogP contribution in [-0.4, -0.2) is 67.5 Å². The number of rotatable bonds is 8. The minimum absolute atomic E-state index is 0.0129. The number of carbonyl (C=O) groups is 3. The molecule has 7 nitrogen and oxygen atoms in total. The highest BCUT2D eigenvalue weighted by Gasteiger charge is 2.33. The maximum absolute atomic E-state index is 12.7. The number of methoxy groups -OCH3 is 1. The fraction of sp³-hybridized carbons (Fsp3) is 0.526. The average Bonchev–Trinajstić information content (AvgIpc) is 3.05. The van der Waals surface area contributed by atoms with Crippen molar-refractivity contribution in [2.45, 2.75) is 20.3 Å². The van der Waals surface area contributed by atoms with E-state index < -0.39 is 0 Å². The van der Waals surface area contributed by atoms with Crippen LogP contribution < -0.4 is 4.90 Å². The summed E-state index contributed by atoms with van der Waals surface area (Å²) in [4.78, 5) is 42.0. The first-order valence-electron chi connectivity index (χ1n) is 8.98. The molecular formula is C19H26ClN3O4. The molecule has 1 heterocycles. The van der Waals surface area contributed by atoms with Crippen LogP contribution >= 0.6 is 11.6 Å². The van der Waals surface area contributed by atoms with Gasteiger partial charge in [-0.2, -0.15) is 0 Å². The van der Waals surface area contributed by atoms with E-state index in [4.69, 9.17) is 16.3 Å². The Morgan fingerprint density at radius 2 is 2.11 bits per heavy atom. The number of benzene rings is 1. The molecule has 0 N–H and O–H groups in total. The zero-order valence-corrected chi connectivity index (χ0v) is 16.7. The lowest BCUT2D eigenvalue weighted by atomic mass is 10.1. The molecule has 1 saturated heterocycles. The summed E-state index contributed by atoms with van der Waals surface area (Å²) in [7, 11) is 1.55. The monoisotopic (exact) mass is 395 g/mol. The fourth-order valence-electron chi connectivity index (χ4n) is 2.80. The molecule has 0 aromatic heterocycles. The van der Waals surface area contributed by atoms with Gasteiger partial charge in [0.05, 0.1) is 13.2 Å². The number of hydrogen-bond donors (Lipinski definition) is 0. The van der Waals surface area contributed by atoms with Crippen LogP contribution in [0.5, 0.6) is 0 Å². The van der Waals surface area contributed by atoms with E-state index in [-0.39, 0.29) is 43.4 Å². The molecule has 0 bridgehead atoms. The summed E-state index contributed by atoms with van der Waals surface area (Å²) in [5.41, 5.74) is 0.648. The van der Waals surface area contributed by atoms with Crippen LogP contribution in [0.3, 0.4) is 0 Å².